The van der Waals surface area contributed by atoms with Crippen LogP contribution in [-0.2, 0) is 0 Å². The van der Waals surface area contributed by atoms with Crippen molar-refractivity contribution >= 4 is 11.0 Å². The van der Waals surface area contributed by atoms with Crippen LogP contribution in [0.1, 0.15) is 46.5 Å². The van der Waals surface area contributed by atoms with Gasteiger partial charge in [0.2, 0.25) is 0 Å². The molecule has 116 valence electrons. The lowest BCUT2D eigenvalue weighted by molar-refractivity contribution is 0.162. The third-order valence-electron chi connectivity index (χ3n) is 3.63. The molecule has 0 fully saturated rings. The van der Waals surface area contributed by atoms with Gasteiger partial charge in [-0.1, -0.05) is 27.7 Å². The van der Waals surface area contributed by atoms with Crippen molar-refractivity contribution in [3.8, 4) is 5.75 Å². The zero-order chi connectivity index (χ0) is 15.6. The smallest absolute Gasteiger partial charge is 0.124 e. The van der Waals surface area contributed by atoms with Crippen LogP contribution >= 0.6 is 0 Å². The van der Waals surface area contributed by atoms with E-state index in [2.05, 4.69) is 49.5 Å². The number of aromatic nitrogens is 2. The first-order valence-electron chi connectivity index (χ1n) is 7.79. The topological polar surface area (TPSA) is 52.1 Å². The Morgan fingerprint density at radius 2 is 1.71 bits per heavy atom. The van der Waals surface area contributed by atoms with Crippen LogP contribution in [0.25, 0.3) is 11.0 Å². The fourth-order valence-electron chi connectivity index (χ4n) is 2.72. The third-order valence-corrected chi connectivity index (χ3v) is 3.63. The monoisotopic (exact) mass is 289 g/mol. The van der Waals surface area contributed by atoms with Crippen molar-refractivity contribution in [2.75, 3.05) is 13.1 Å². The molecule has 4 heteroatoms. The zero-order valence-electron chi connectivity index (χ0n) is 13.7. The molecule has 1 aromatic heterocycles. The minimum atomic E-state index is 0.240. The molecule has 0 spiro atoms. The lowest BCUT2D eigenvalue weighted by Crippen LogP contribution is -2.34. The molecule has 21 heavy (non-hydrogen) atoms. The number of fused-ring (bicyclic) bond motifs is 1. The van der Waals surface area contributed by atoms with Gasteiger partial charge in [0.1, 0.15) is 11.6 Å². The number of hydrogen-bond acceptors (Lipinski definition) is 3. The van der Waals surface area contributed by atoms with Gasteiger partial charge in [0.05, 0.1) is 17.1 Å². The number of phenols is 1. The van der Waals surface area contributed by atoms with Gasteiger partial charge in [0.15, 0.2) is 0 Å². The molecule has 0 aliphatic rings. The van der Waals surface area contributed by atoms with Crippen molar-refractivity contribution in [3.05, 3.63) is 24.0 Å². The van der Waals surface area contributed by atoms with Crippen LogP contribution in [0.4, 0.5) is 0 Å². The van der Waals surface area contributed by atoms with E-state index in [1.807, 2.05) is 6.07 Å². The fraction of sp³-hybridized carbons (Fsp3) is 0.588. The normalized spacial score (nSPS) is 13.7. The minimum Gasteiger partial charge on any atom is -0.508 e. The Morgan fingerprint density at radius 1 is 1.10 bits per heavy atom. The van der Waals surface area contributed by atoms with Crippen LogP contribution in [0.3, 0.4) is 0 Å². The fourth-order valence-corrected chi connectivity index (χ4v) is 2.72. The number of benzene rings is 1. The number of nitrogens with zero attached hydrogens (tertiary/aromatic N) is 2. The SMILES string of the molecule is CC(C)CN(CC(C)C)C(C)c1nc2ccc(O)cc2[nH]1. The number of phenolic OH excluding ortho intramolecular Hbond substituents is 1. The Balaban J connectivity index is 2.26. The number of H-pyrrole nitrogens is 1. The molecular formula is C17H27N3O. The molecule has 2 rings (SSSR count). The second kappa shape index (κ2) is 6.48. The zero-order valence-corrected chi connectivity index (χ0v) is 13.7. The summed E-state index contributed by atoms with van der Waals surface area (Å²) in [5.74, 6) is 2.49. The summed E-state index contributed by atoms with van der Waals surface area (Å²) in [4.78, 5) is 10.5. The summed E-state index contributed by atoms with van der Waals surface area (Å²) >= 11 is 0. The Hall–Kier alpha value is -1.55. The molecular weight excluding hydrogens is 262 g/mol. The van der Waals surface area contributed by atoms with Crippen LogP contribution in [0.2, 0.25) is 0 Å². The van der Waals surface area contributed by atoms with Gasteiger partial charge < -0.3 is 10.1 Å². The van der Waals surface area contributed by atoms with Gasteiger partial charge in [0.25, 0.3) is 0 Å². The maximum absolute atomic E-state index is 9.57. The molecule has 0 saturated carbocycles. The number of nitrogens with one attached hydrogen (secondary N) is 1. The molecule has 0 radical (unpaired) electrons. The molecule has 0 bridgehead atoms. The van der Waals surface area contributed by atoms with E-state index in [9.17, 15) is 5.11 Å². The minimum absolute atomic E-state index is 0.240. The molecule has 2 aromatic rings. The van der Waals surface area contributed by atoms with Crippen molar-refractivity contribution in [3.63, 3.8) is 0 Å². The average Bonchev–Trinajstić information content (AvgIpc) is 2.78. The first-order chi connectivity index (χ1) is 9.86. The largest absolute Gasteiger partial charge is 0.508 e. The number of aromatic hydroxyl groups is 1. The average molecular weight is 289 g/mol. The third kappa shape index (κ3) is 3.97. The summed E-state index contributed by atoms with van der Waals surface area (Å²) in [6.07, 6.45) is 0. The van der Waals surface area contributed by atoms with Gasteiger partial charge in [-0.05, 0) is 30.9 Å². The van der Waals surface area contributed by atoms with E-state index in [0.29, 0.717) is 11.8 Å². The highest BCUT2D eigenvalue weighted by Gasteiger charge is 2.20. The lowest BCUT2D eigenvalue weighted by atomic mass is 10.1. The van der Waals surface area contributed by atoms with Gasteiger partial charge >= 0.3 is 0 Å². The summed E-state index contributed by atoms with van der Waals surface area (Å²) in [7, 11) is 0. The number of imidazole rings is 1. The lowest BCUT2D eigenvalue weighted by Gasteiger charge is -2.30. The van der Waals surface area contributed by atoms with E-state index in [0.717, 1.165) is 29.9 Å². The van der Waals surface area contributed by atoms with E-state index in [4.69, 9.17) is 0 Å². The molecule has 0 saturated heterocycles. The van der Waals surface area contributed by atoms with Crippen molar-refractivity contribution in [1.29, 1.82) is 0 Å². The first kappa shape index (κ1) is 15.8. The standard InChI is InChI=1S/C17H27N3O/c1-11(2)9-20(10-12(3)4)13(5)17-18-15-7-6-14(21)8-16(15)19-17/h6-8,11-13,21H,9-10H2,1-5H3,(H,18,19). The molecule has 0 amide bonds. The van der Waals surface area contributed by atoms with Crippen molar-refractivity contribution in [1.82, 2.24) is 14.9 Å². The second-order valence-electron chi connectivity index (χ2n) is 6.74. The molecule has 2 N–H and O–H groups in total. The summed E-state index contributed by atoms with van der Waals surface area (Å²) in [6, 6.07) is 5.50. The molecule has 1 aromatic carbocycles. The van der Waals surface area contributed by atoms with Gasteiger partial charge in [0, 0.05) is 19.2 Å². The van der Waals surface area contributed by atoms with Crippen LogP contribution in [0.5, 0.6) is 5.75 Å². The molecule has 0 aliphatic heterocycles. The summed E-state index contributed by atoms with van der Waals surface area (Å²) < 4.78 is 0. The first-order valence-corrected chi connectivity index (χ1v) is 7.79. The summed E-state index contributed by atoms with van der Waals surface area (Å²) in [6.45, 7) is 13.3. The van der Waals surface area contributed by atoms with E-state index in [1.165, 1.54) is 0 Å². The molecule has 0 aliphatic carbocycles. The molecule has 1 heterocycles. The maximum atomic E-state index is 9.57. The van der Waals surface area contributed by atoms with Gasteiger partial charge in [-0.3, -0.25) is 4.90 Å². The Morgan fingerprint density at radius 3 is 2.29 bits per heavy atom. The van der Waals surface area contributed by atoms with Gasteiger partial charge in [-0.15, -0.1) is 0 Å². The van der Waals surface area contributed by atoms with E-state index >= 15 is 0 Å². The summed E-state index contributed by atoms with van der Waals surface area (Å²) in [5.41, 5.74) is 1.80. The maximum Gasteiger partial charge on any atom is 0.124 e. The van der Waals surface area contributed by atoms with Gasteiger partial charge in [-0.2, -0.15) is 0 Å². The van der Waals surface area contributed by atoms with Crippen LogP contribution < -0.4 is 0 Å². The van der Waals surface area contributed by atoms with Crippen LogP contribution in [0, 0.1) is 11.8 Å². The van der Waals surface area contributed by atoms with Crippen molar-refractivity contribution in [2.24, 2.45) is 11.8 Å². The van der Waals surface area contributed by atoms with Crippen molar-refractivity contribution in [2.45, 2.75) is 40.7 Å². The number of rotatable bonds is 6. The van der Waals surface area contributed by atoms with Gasteiger partial charge in [-0.25, -0.2) is 4.98 Å². The number of aromatic amines is 1. The Kier molecular flexibility index (Phi) is 4.88. The highest BCUT2D eigenvalue weighted by molar-refractivity contribution is 5.76. The van der Waals surface area contributed by atoms with Crippen LogP contribution in [-0.4, -0.2) is 33.1 Å². The van der Waals surface area contributed by atoms with Crippen molar-refractivity contribution < 1.29 is 5.11 Å². The van der Waals surface area contributed by atoms with Crippen LogP contribution in [0.15, 0.2) is 18.2 Å². The van der Waals surface area contributed by atoms with E-state index < -0.39 is 0 Å². The highest BCUT2D eigenvalue weighted by Crippen LogP contribution is 2.24. The second-order valence-corrected chi connectivity index (χ2v) is 6.74. The predicted octanol–water partition coefficient (Wildman–Crippen LogP) is 3.94. The molecule has 1 atom stereocenters. The Labute approximate surface area is 127 Å². The van der Waals surface area contributed by atoms with E-state index in [-0.39, 0.29) is 11.8 Å². The van der Waals surface area contributed by atoms with E-state index in [1.54, 1.807) is 12.1 Å². The molecule has 4 nitrogen and oxygen atoms in total. The Bertz CT molecular complexity index is 579. The predicted molar refractivity (Wildman–Crippen MR) is 87.4 cm³/mol. The highest BCUT2D eigenvalue weighted by atomic mass is 16.3. The summed E-state index contributed by atoms with van der Waals surface area (Å²) in [5, 5.41) is 9.57. The number of hydrogen-bond donors (Lipinski definition) is 2. The molecule has 1 unspecified atom stereocenters. The quantitative estimate of drug-likeness (QED) is 0.846.